The van der Waals surface area contributed by atoms with Crippen molar-refractivity contribution in [1.82, 2.24) is 4.98 Å². The van der Waals surface area contributed by atoms with Crippen LogP contribution in [0.4, 0.5) is 5.69 Å². The molecule has 1 aromatic heterocycles. The molecule has 0 spiro atoms. The number of pyridine rings is 1. The van der Waals surface area contributed by atoms with E-state index in [1.54, 1.807) is 0 Å². The van der Waals surface area contributed by atoms with Crippen molar-refractivity contribution >= 4 is 38.4 Å². The Kier molecular flexibility index (Phi) is 3.94. The van der Waals surface area contributed by atoms with Crippen LogP contribution in [-0.4, -0.2) is 10.9 Å². The van der Waals surface area contributed by atoms with Crippen molar-refractivity contribution in [1.29, 1.82) is 0 Å². The van der Waals surface area contributed by atoms with E-state index in [1.165, 1.54) is 0 Å². The van der Waals surface area contributed by atoms with E-state index in [4.69, 9.17) is 0 Å². The molecule has 1 amide bonds. The summed E-state index contributed by atoms with van der Waals surface area (Å²) in [6.07, 6.45) is 0. The Morgan fingerprint density at radius 3 is 2.50 bits per heavy atom. The van der Waals surface area contributed by atoms with Gasteiger partial charge in [0.2, 0.25) is 0 Å². The number of aromatic nitrogens is 1. The minimum Gasteiger partial charge on any atom is -0.322 e. The van der Waals surface area contributed by atoms with Crippen LogP contribution in [0.5, 0.6) is 0 Å². The Labute approximate surface area is 137 Å². The van der Waals surface area contributed by atoms with Crippen LogP contribution >= 0.6 is 15.9 Å². The topological polar surface area (TPSA) is 42.0 Å². The number of amides is 1. The number of carbonyl (C=O) groups excluding carboxylic acids is 1. The summed E-state index contributed by atoms with van der Waals surface area (Å²) < 4.78 is 0.978. The van der Waals surface area contributed by atoms with Crippen LogP contribution in [-0.2, 0) is 0 Å². The molecule has 0 saturated carbocycles. The molecule has 3 nitrogen and oxygen atoms in total. The van der Waals surface area contributed by atoms with Gasteiger partial charge in [0.05, 0.1) is 11.1 Å². The third-order valence-corrected chi connectivity index (χ3v) is 3.97. The number of nitrogens with zero attached hydrogens (tertiary/aromatic N) is 1. The van der Waals surface area contributed by atoms with E-state index in [0.29, 0.717) is 5.56 Å². The Bertz CT molecular complexity index is 857. The number of fused-ring (bicyclic) bond motifs is 1. The lowest BCUT2D eigenvalue weighted by atomic mass is 10.0. The molecule has 0 unspecified atom stereocenters. The molecule has 1 N–H and O–H groups in total. The summed E-state index contributed by atoms with van der Waals surface area (Å²) in [5, 5.41) is 3.81. The predicted octanol–water partition coefficient (Wildman–Crippen LogP) is 4.87. The molecule has 0 radical (unpaired) electrons. The third-order valence-electron chi connectivity index (χ3n) is 3.44. The van der Waals surface area contributed by atoms with Gasteiger partial charge in [0, 0.05) is 21.2 Å². The van der Waals surface area contributed by atoms with E-state index in [2.05, 4.69) is 26.2 Å². The van der Waals surface area contributed by atoms with Crippen LogP contribution in [0.3, 0.4) is 0 Å². The summed E-state index contributed by atoms with van der Waals surface area (Å²) in [6.45, 7) is 3.91. The van der Waals surface area contributed by atoms with Gasteiger partial charge in [-0.25, -0.2) is 0 Å². The summed E-state index contributed by atoms with van der Waals surface area (Å²) in [4.78, 5) is 17.1. The SMILES string of the molecule is Cc1ccc2nc(C)cc(C(=O)Nc3ccc(Br)cc3)c2c1. The average molecular weight is 355 g/mol. The number of hydrogen-bond acceptors (Lipinski definition) is 2. The van der Waals surface area contributed by atoms with E-state index in [9.17, 15) is 4.79 Å². The normalized spacial score (nSPS) is 10.7. The highest BCUT2D eigenvalue weighted by Crippen LogP contribution is 2.22. The number of hydrogen-bond donors (Lipinski definition) is 1. The Morgan fingerprint density at radius 2 is 1.77 bits per heavy atom. The van der Waals surface area contributed by atoms with Gasteiger partial charge >= 0.3 is 0 Å². The van der Waals surface area contributed by atoms with E-state index in [-0.39, 0.29) is 5.91 Å². The van der Waals surface area contributed by atoms with Crippen molar-refractivity contribution < 1.29 is 4.79 Å². The van der Waals surface area contributed by atoms with Gasteiger partial charge < -0.3 is 5.32 Å². The fourth-order valence-electron chi connectivity index (χ4n) is 2.39. The highest BCUT2D eigenvalue weighted by molar-refractivity contribution is 9.10. The minimum absolute atomic E-state index is 0.122. The zero-order valence-corrected chi connectivity index (χ0v) is 13.9. The van der Waals surface area contributed by atoms with Gasteiger partial charge in [0.15, 0.2) is 0 Å². The van der Waals surface area contributed by atoms with Gasteiger partial charge in [-0.1, -0.05) is 27.6 Å². The highest BCUT2D eigenvalue weighted by Gasteiger charge is 2.12. The fraction of sp³-hybridized carbons (Fsp3) is 0.111. The lowest BCUT2D eigenvalue weighted by Crippen LogP contribution is -2.13. The fourth-order valence-corrected chi connectivity index (χ4v) is 2.66. The van der Waals surface area contributed by atoms with Crippen LogP contribution in [0.15, 0.2) is 53.0 Å². The lowest BCUT2D eigenvalue weighted by molar-refractivity contribution is 0.102. The van der Waals surface area contributed by atoms with Gasteiger partial charge in [0.25, 0.3) is 5.91 Å². The summed E-state index contributed by atoms with van der Waals surface area (Å²) in [7, 11) is 0. The Balaban J connectivity index is 2.03. The summed E-state index contributed by atoms with van der Waals surface area (Å²) in [5.41, 5.74) is 4.19. The Morgan fingerprint density at radius 1 is 1.05 bits per heavy atom. The van der Waals surface area contributed by atoms with Gasteiger partial charge in [0.1, 0.15) is 0 Å². The van der Waals surface area contributed by atoms with Crippen LogP contribution in [0.1, 0.15) is 21.6 Å². The van der Waals surface area contributed by atoms with Crippen molar-refractivity contribution in [3.05, 3.63) is 69.8 Å². The van der Waals surface area contributed by atoms with Crippen LogP contribution < -0.4 is 5.32 Å². The van der Waals surface area contributed by atoms with Crippen molar-refractivity contribution in [2.75, 3.05) is 5.32 Å². The number of aryl methyl sites for hydroxylation is 2. The molecule has 0 atom stereocenters. The molecule has 0 bridgehead atoms. The van der Waals surface area contributed by atoms with Gasteiger partial charge in [-0.2, -0.15) is 0 Å². The number of benzene rings is 2. The largest absolute Gasteiger partial charge is 0.322 e. The molecule has 110 valence electrons. The molecule has 0 aliphatic carbocycles. The summed E-state index contributed by atoms with van der Waals surface area (Å²) >= 11 is 3.39. The van der Waals surface area contributed by atoms with E-state index in [0.717, 1.165) is 32.3 Å². The van der Waals surface area contributed by atoms with Crippen LogP contribution in [0.25, 0.3) is 10.9 Å². The summed E-state index contributed by atoms with van der Waals surface area (Å²) in [5.74, 6) is -0.122. The van der Waals surface area contributed by atoms with Gasteiger partial charge in [-0.15, -0.1) is 0 Å². The van der Waals surface area contributed by atoms with E-state index >= 15 is 0 Å². The monoisotopic (exact) mass is 354 g/mol. The number of halogens is 1. The second kappa shape index (κ2) is 5.89. The first-order valence-corrected chi connectivity index (χ1v) is 7.77. The smallest absolute Gasteiger partial charge is 0.256 e. The molecule has 1 heterocycles. The first-order valence-electron chi connectivity index (χ1n) is 6.98. The Hall–Kier alpha value is -2.20. The van der Waals surface area contributed by atoms with E-state index < -0.39 is 0 Å². The van der Waals surface area contributed by atoms with Gasteiger partial charge in [-0.05, 0) is 56.3 Å². The van der Waals surface area contributed by atoms with Crippen molar-refractivity contribution in [2.24, 2.45) is 0 Å². The number of nitrogens with one attached hydrogen (secondary N) is 1. The molecule has 0 aliphatic heterocycles. The van der Waals surface area contributed by atoms with Crippen molar-refractivity contribution in [3.8, 4) is 0 Å². The molecule has 0 saturated heterocycles. The quantitative estimate of drug-likeness (QED) is 0.713. The maximum absolute atomic E-state index is 12.6. The molecule has 3 aromatic rings. The predicted molar refractivity (Wildman–Crippen MR) is 93.3 cm³/mol. The van der Waals surface area contributed by atoms with Crippen molar-refractivity contribution in [2.45, 2.75) is 13.8 Å². The maximum Gasteiger partial charge on any atom is 0.256 e. The number of rotatable bonds is 2. The average Bonchev–Trinajstić information content (AvgIpc) is 2.49. The molecule has 22 heavy (non-hydrogen) atoms. The minimum atomic E-state index is -0.122. The molecule has 0 fully saturated rings. The second-order valence-electron chi connectivity index (χ2n) is 5.29. The number of anilines is 1. The van der Waals surface area contributed by atoms with Crippen LogP contribution in [0.2, 0.25) is 0 Å². The maximum atomic E-state index is 12.6. The zero-order valence-electron chi connectivity index (χ0n) is 12.4. The number of carbonyl (C=O) groups is 1. The molecule has 3 rings (SSSR count). The van der Waals surface area contributed by atoms with Crippen LogP contribution in [0, 0.1) is 13.8 Å². The summed E-state index contributed by atoms with van der Waals surface area (Å²) in [6, 6.07) is 15.3. The standard InChI is InChI=1S/C18H15BrN2O/c1-11-3-8-17-15(9-11)16(10-12(2)20-17)18(22)21-14-6-4-13(19)5-7-14/h3-10H,1-2H3,(H,21,22). The van der Waals surface area contributed by atoms with Gasteiger partial charge in [-0.3, -0.25) is 9.78 Å². The van der Waals surface area contributed by atoms with E-state index in [1.807, 2.05) is 62.4 Å². The zero-order chi connectivity index (χ0) is 15.7. The second-order valence-corrected chi connectivity index (χ2v) is 6.21. The molecular formula is C18H15BrN2O. The molecule has 0 aliphatic rings. The molecule has 4 heteroatoms. The van der Waals surface area contributed by atoms with Crippen molar-refractivity contribution in [3.63, 3.8) is 0 Å². The molecular weight excluding hydrogens is 340 g/mol. The molecule has 2 aromatic carbocycles. The lowest BCUT2D eigenvalue weighted by Gasteiger charge is -2.10. The highest BCUT2D eigenvalue weighted by atomic mass is 79.9. The first-order chi connectivity index (χ1) is 10.5. The first kappa shape index (κ1) is 14.7. The third kappa shape index (κ3) is 3.02.